The lowest BCUT2D eigenvalue weighted by atomic mass is 10.1. The van der Waals surface area contributed by atoms with Gasteiger partial charge in [-0.2, -0.15) is 0 Å². The summed E-state index contributed by atoms with van der Waals surface area (Å²) in [6.45, 7) is 1.78. The van der Waals surface area contributed by atoms with E-state index in [1.165, 1.54) is 30.5 Å². The van der Waals surface area contributed by atoms with Crippen LogP contribution in [-0.2, 0) is 4.79 Å². The summed E-state index contributed by atoms with van der Waals surface area (Å²) in [5, 5.41) is 0. The second-order valence-electron chi connectivity index (χ2n) is 6.20. The maximum atomic E-state index is 13.4. The topological polar surface area (TPSA) is 73.5 Å². The number of rotatable bonds is 5. The summed E-state index contributed by atoms with van der Waals surface area (Å²) in [5.41, 5.74) is 2.18. The molecule has 7 heteroatoms. The fourth-order valence-corrected chi connectivity index (χ4v) is 2.98. The lowest BCUT2D eigenvalue weighted by molar-refractivity contribution is -0.106. The number of H-pyrrole nitrogens is 1. The summed E-state index contributed by atoms with van der Waals surface area (Å²) in [4.78, 5) is 41.0. The molecule has 3 rings (SSSR count). The second kappa shape index (κ2) is 7.87. The number of aromatic amines is 1. The number of pyridine rings is 1. The molecule has 0 spiro atoms. The zero-order chi connectivity index (χ0) is 20.3. The van der Waals surface area contributed by atoms with Crippen LogP contribution in [0, 0.1) is 12.7 Å². The quantitative estimate of drug-likeness (QED) is 0.690. The van der Waals surface area contributed by atoms with Crippen LogP contribution < -0.4 is 15.4 Å². The monoisotopic (exact) mass is 379 g/mol. The fraction of sp³-hybridized carbons (Fsp3) is 0.0952. The maximum absolute atomic E-state index is 13.4. The third-order valence-electron chi connectivity index (χ3n) is 4.39. The average molecular weight is 379 g/mol. The second-order valence-corrected chi connectivity index (χ2v) is 6.20. The van der Waals surface area contributed by atoms with Crippen LogP contribution in [-0.4, -0.2) is 24.3 Å². The number of hydrogen-bond donors (Lipinski definition) is 1. The zero-order valence-electron chi connectivity index (χ0n) is 15.3. The Bertz CT molecular complexity index is 1070. The van der Waals surface area contributed by atoms with E-state index >= 15 is 0 Å². The smallest absolute Gasteiger partial charge is 0.267 e. The van der Waals surface area contributed by atoms with Crippen LogP contribution >= 0.6 is 0 Å². The van der Waals surface area contributed by atoms with Crippen LogP contribution in [0.25, 0.3) is 0 Å². The van der Waals surface area contributed by atoms with Crippen LogP contribution in [0.4, 0.5) is 21.5 Å². The predicted molar refractivity (Wildman–Crippen MR) is 106 cm³/mol. The van der Waals surface area contributed by atoms with Crippen molar-refractivity contribution in [2.45, 2.75) is 6.92 Å². The molecule has 0 radical (unpaired) electrons. The molecule has 0 atom stereocenters. The molecular weight excluding hydrogens is 361 g/mol. The van der Waals surface area contributed by atoms with Crippen LogP contribution in [0.5, 0.6) is 0 Å². The summed E-state index contributed by atoms with van der Waals surface area (Å²) in [6.07, 6.45) is 1.70. The van der Waals surface area contributed by atoms with Crippen molar-refractivity contribution in [1.29, 1.82) is 0 Å². The van der Waals surface area contributed by atoms with Gasteiger partial charge >= 0.3 is 0 Å². The number of aromatic nitrogens is 1. The molecule has 0 bridgehead atoms. The van der Waals surface area contributed by atoms with Gasteiger partial charge in [-0.25, -0.2) is 9.29 Å². The van der Waals surface area contributed by atoms with Crippen molar-refractivity contribution in [2.75, 3.05) is 16.8 Å². The van der Waals surface area contributed by atoms with Crippen molar-refractivity contribution in [3.05, 3.63) is 88.1 Å². The highest BCUT2D eigenvalue weighted by molar-refractivity contribution is 6.18. The number of nitrogens with one attached hydrogen (secondary N) is 1. The van der Waals surface area contributed by atoms with Crippen LogP contribution in [0.15, 0.2) is 65.6 Å². The molecular formula is C21H18FN3O3. The molecule has 0 aliphatic heterocycles. The molecule has 1 heterocycles. The van der Waals surface area contributed by atoms with Crippen molar-refractivity contribution < 1.29 is 14.0 Å². The maximum Gasteiger partial charge on any atom is 0.267 e. The number of para-hydroxylation sites is 1. The minimum atomic E-state index is -0.552. The number of halogens is 1. The lowest BCUT2D eigenvalue weighted by Crippen LogP contribution is -2.31. The first-order valence-corrected chi connectivity index (χ1v) is 8.49. The summed E-state index contributed by atoms with van der Waals surface area (Å²) in [5.74, 6) is -0.895. The van der Waals surface area contributed by atoms with E-state index in [1.807, 2.05) is 0 Å². The van der Waals surface area contributed by atoms with Gasteiger partial charge in [0.1, 0.15) is 5.82 Å². The number of carbonyl (C=O) groups excluding carboxylic acids is 2. The molecule has 3 aromatic rings. The van der Waals surface area contributed by atoms with E-state index in [1.54, 1.807) is 49.2 Å². The van der Waals surface area contributed by atoms with Gasteiger partial charge in [0.05, 0.1) is 16.9 Å². The zero-order valence-corrected chi connectivity index (χ0v) is 15.3. The van der Waals surface area contributed by atoms with Gasteiger partial charge in [0.25, 0.3) is 5.91 Å². The summed E-state index contributed by atoms with van der Waals surface area (Å²) in [6, 6.07) is 13.8. The van der Waals surface area contributed by atoms with E-state index in [0.717, 1.165) is 10.6 Å². The van der Waals surface area contributed by atoms with Crippen LogP contribution in [0.3, 0.4) is 0 Å². The summed E-state index contributed by atoms with van der Waals surface area (Å²) in [7, 11) is 1.76. The Morgan fingerprint density at radius 1 is 1.07 bits per heavy atom. The first kappa shape index (κ1) is 19.0. The van der Waals surface area contributed by atoms with Crippen molar-refractivity contribution in [2.24, 2.45) is 0 Å². The minimum absolute atomic E-state index is 0.245. The Hall–Kier alpha value is -3.74. The van der Waals surface area contributed by atoms with Crippen molar-refractivity contribution >= 4 is 29.4 Å². The van der Waals surface area contributed by atoms with Crippen LogP contribution in [0.2, 0.25) is 0 Å². The van der Waals surface area contributed by atoms with Gasteiger partial charge < -0.3 is 9.88 Å². The number of imide groups is 1. The molecule has 0 saturated heterocycles. The van der Waals surface area contributed by atoms with E-state index in [0.29, 0.717) is 17.7 Å². The number of anilines is 3. The largest absolute Gasteiger partial charge is 0.344 e. The highest BCUT2D eigenvalue weighted by Crippen LogP contribution is 2.31. The SMILES string of the molecule is Cc1cc(F)ccc1N(C)c1ccccc1C(=O)N(C=O)c1ccc(=O)[nH]c1. The van der Waals surface area contributed by atoms with Gasteiger partial charge in [-0.1, -0.05) is 12.1 Å². The molecule has 0 saturated carbocycles. The van der Waals surface area contributed by atoms with Crippen LogP contribution in [0.1, 0.15) is 15.9 Å². The Kier molecular flexibility index (Phi) is 5.35. The summed E-state index contributed by atoms with van der Waals surface area (Å²) < 4.78 is 13.4. The van der Waals surface area contributed by atoms with Gasteiger partial charge in [0.2, 0.25) is 12.0 Å². The molecule has 2 aromatic carbocycles. The van der Waals surface area contributed by atoms with E-state index in [-0.39, 0.29) is 22.6 Å². The Morgan fingerprint density at radius 2 is 1.82 bits per heavy atom. The molecule has 6 nitrogen and oxygen atoms in total. The Labute approximate surface area is 160 Å². The van der Waals surface area contributed by atoms with E-state index < -0.39 is 5.91 Å². The predicted octanol–water partition coefficient (Wildman–Crippen LogP) is 3.39. The van der Waals surface area contributed by atoms with Gasteiger partial charge in [-0.15, -0.1) is 0 Å². The minimum Gasteiger partial charge on any atom is -0.344 e. The number of hydrogen-bond acceptors (Lipinski definition) is 4. The van der Waals surface area contributed by atoms with Crippen molar-refractivity contribution in [3.8, 4) is 0 Å². The highest BCUT2D eigenvalue weighted by Gasteiger charge is 2.22. The van der Waals surface area contributed by atoms with Gasteiger partial charge in [-0.05, 0) is 48.9 Å². The molecule has 1 N–H and O–H groups in total. The molecule has 1 aromatic heterocycles. The average Bonchev–Trinajstić information content (AvgIpc) is 2.69. The molecule has 0 aliphatic carbocycles. The first-order valence-electron chi connectivity index (χ1n) is 8.49. The lowest BCUT2D eigenvalue weighted by Gasteiger charge is -2.25. The molecule has 142 valence electrons. The number of benzene rings is 2. The van der Waals surface area contributed by atoms with E-state index in [4.69, 9.17) is 0 Å². The number of aryl methyl sites for hydroxylation is 1. The molecule has 0 fully saturated rings. The highest BCUT2D eigenvalue weighted by atomic mass is 19.1. The van der Waals surface area contributed by atoms with Gasteiger partial charge in [0, 0.05) is 25.0 Å². The third kappa shape index (κ3) is 3.68. The fourth-order valence-electron chi connectivity index (χ4n) is 2.98. The first-order chi connectivity index (χ1) is 13.4. The Balaban J connectivity index is 2.03. The van der Waals surface area contributed by atoms with Gasteiger partial charge in [-0.3, -0.25) is 14.4 Å². The van der Waals surface area contributed by atoms with Gasteiger partial charge in [0.15, 0.2) is 0 Å². The summed E-state index contributed by atoms with van der Waals surface area (Å²) >= 11 is 0. The normalized spacial score (nSPS) is 10.4. The Morgan fingerprint density at radius 3 is 2.46 bits per heavy atom. The molecule has 0 aliphatic rings. The standard InChI is InChI=1S/C21H18FN3O3/c1-14-11-15(22)7-9-18(14)24(2)19-6-4-3-5-17(19)21(28)25(13-26)16-8-10-20(27)23-12-16/h3-13H,1-2H3,(H,23,27). The van der Waals surface area contributed by atoms with Crippen molar-refractivity contribution in [1.82, 2.24) is 4.98 Å². The van der Waals surface area contributed by atoms with E-state index in [2.05, 4.69) is 4.98 Å². The van der Waals surface area contributed by atoms with E-state index in [9.17, 15) is 18.8 Å². The number of nitrogens with zero attached hydrogens (tertiary/aromatic N) is 2. The molecule has 28 heavy (non-hydrogen) atoms. The number of amides is 2. The third-order valence-corrected chi connectivity index (χ3v) is 4.39. The molecule has 0 unspecified atom stereocenters. The van der Waals surface area contributed by atoms with Crippen molar-refractivity contribution in [3.63, 3.8) is 0 Å². The number of carbonyl (C=O) groups is 2. The molecule has 2 amide bonds.